The summed E-state index contributed by atoms with van der Waals surface area (Å²) in [6, 6.07) is 18.7. The molecule has 0 spiro atoms. The Labute approximate surface area is 191 Å². The van der Waals surface area contributed by atoms with Gasteiger partial charge in [-0.15, -0.1) is 11.8 Å². The van der Waals surface area contributed by atoms with E-state index in [1.807, 2.05) is 42.5 Å². The van der Waals surface area contributed by atoms with Crippen LogP contribution in [0.5, 0.6) is 0 Å². The van der Waals surface area contributed by atoms with Gasteiger partial charge in [0.25, 0.3) is 5.91 Å². The summed E-state index contributed by atoms with van der Waals surface area (Å²) in [6.07, 6.45) is 1.57. The van der Waals surface area contributed by atoms with Crippen molar-refractivity contribution in [2.45, 2.75) is 11.4 Å². The molecule has 2 heterocycles. The van der Waals surface area contributed by atoms with E-state index in [-0.39, 0.29) is 17.6 Å². The summed E-state index contributed by atoms with van der Waals surface area (Å²) in [5.41, 5.74) is 2.37. The van der Waals surface area contributed by atoms with Crippen LogP contribution in [0.1, 0.15) is 16.1 Å². The van der Waals surface area contributed by atoms with Crippen LogP contribution in [0.3, 0.4) is 0 Å². The standard InChI is InChI=1S/C24H25N3O4S/c28-23(25-16-20-4-3-13-31-20)17-32-22-6-2-1-5-21(22)24(29)26-18-7-9-19(10-8-18)27-11-14-30-15-12-27/h1-10,13H,11-12,14-17H2,(H,25,28)(H,26,29). The smallest absolute Gasteiger partial charge is 0.256 e. The summed E-state index contributed by atoms with van der Waals surface area (Å²) in [4.78, 5) is 28.1. The Kier molecular flexibility index (Phi) is 7.47. The van der Waals surface area contributed by atoms with Gasteiger partial charge >= 0.3 is 0 Å². The Morgan fingerprint density at radius 1 is 0.969 bits per heavy atom. The first kappa shape index (κ1) is 22.0. The number of nitrogens with one attached hydrogen (secondary N) is 2. The molecule has 2 amide bonds. The van der Waals surface area contributed by atoms with Gasteiger partial charge in [-0.05, 0) is 48.5 Å². The lowest BCUT2D eigenvalue weighted by Gasteiger charge is -2.28. The van der Waals surface area contributed by atoms with Crippen molar-refractivity contribution in [3.05, 3.63) is 78.3 Å². The molecule has 1 aliphatic rings. The zero-order valence-corrected chi connectivity index (χ0v) is 18.4. The number of benzene rings is 2. The molecule has 1 aromatic heterocycles. The van der Waals surface area contributed by atoms with Crippen molar-refractivity contribution < 1.29 is 18.7 Å². The van der Waals surface area contributed by atoms with Crippen molar-refractivity contribution in [1.82, 2.24) is 5.32 Å². The lowest BCUT2D eigenvalue weighted by Crippen LogP contribution is -2.36. The Morgan fingerprint density at radius 3 is 2.50 bits per heavy atom. The molecule has 1 fully saturated rings. The number of amides is 2. The van der Waals surface area contributed by atoms with Gasteiger partial charge in [-0.1, -0.05) is 12.1 Å². The van der Waals surface area contributed by atoms with E-state index in [9.17, 15) is 9.59 Å². The molecule has 0 saturated carbocycles. The Morgan fingerprint density at radius 2 is 1.75 bits per heavy atom. The summed E-state index contributed by atoms with van der Waals surface area (Å²) in [5, 5.41) is 5.76. The fourth-order valence-electron chi connectivity index (χ4n) is 3.35. The van der Waals surface area contributed by atoms with Gasteiger partial charge in [-0.3, -0.25) is 9.59 Å². The third-order valence-electron chi connectivity index (χ3n) is 5.03. The second-order valence-corrected chi connectivity index (χ2v) is 8.26. The van der Waals surface area contributed by atoms with Crippen LogP contribution in [0.2, 0.25) is 0 Å². The van der Waals surface area contributed by atoms with E-state index in [1.54, 1.807) is 24.5 Å². The van der Waals surface area contributed by atoms with Crippen molar-refractivity contribution in [1.29, 1.82) is 0 Å². The van der Waals surface area contributed by atoms with E-state index in [2.05, 4.69) is 15.5 Å². The number of hydrogen-bond donors (Lipinski definition) is 2. The number of ether oxygens (including phenoxy) is 1. The first-order chi connectivity index (χ1) is 15.7. The molecule has 7 nitrogen and oxygen atoms in total. The quantitative estimate of drug-likeness (QED) is 0.507. The molecule has 166 valence electrons. The van der Waals surface area contributed by atoms with Crippen molar-refractivity contribution in [3.8, 4) is 0 Å². The van der Waals surface area contributed by atoms with Gasteiger partial charge in [-0.2, -0.15) is 0 Å². The fraction of sp³-hybridized carbons (Fsp3) is 0.250. The van der Waals surface area contributed by atoms with Gasteiger partial charge in [0.15, 0.2) is 0 Å². The minimum atomic E-state index is -0.205. The maximum Gasteiger partial charge on any atom is 0.256 e. The molecule has 3 aromatic rings. The number of carbonyl (C=O) groups excluding carboxylic acids is 2. The largest absolute Gasteiger partial charge is 0.467 e. The molecule has 0 atom stereocenters. The molecule has 0 bridgehead atoms. The second-order valence-electron chi connectivity index (χ2n) is 7.24. The van der Waals surface area contributed by atoms with E-state index in [0.717, 1.165) is 42.6 Å². The molecule has 32 heavy (non-hydrogen) atoms. The average molecular weight is 452 g/mol. The number of rotatable bonds is 8. The van der Waals surface area contributed by atoms with E-state index in [1.165, 1.54) is 11.8 Å². The van der Waals surface area contributed by atoms with Crippen LogP contribution >= 0.6 is 11.8 Å². The molecule has 1 aliphatic heterocycles. The predicted octanol–water partition coefficient (Wildman–Crippen LogP) is 3.78. The highest BCUT2D eigenvalue weighted by molar-refractivity contribution is 8.00. The van der Waals surface area contributed by atoms with Crippen LogP contribution in [0.25, 0.3) is 0 Å². The van der Waals surface area contributed by atoms with Crippen LogP contribution in [0.15, 0.2) is 76.2 Å². The van der Waals surface area contributed by atoms with Crippen LogP contribution in [-0.2, 0) is 16.1 Å². The minimum absolute atomic E-state index is 0.125. The molecule has 2 N–H and O–H groups in total. The molecule has 2 aromatic carbocycles. The van der Waals surface area contributed by atoms with Crippen LogP contribution in [0, 0.1) is 0 Å². The molecular formula is C24H25N3O4S. The van der Waals surface area contributed by atoms with Crippen molar-refractivity contribution in [2.24, 2.45) is 0 Å². The summed E-state index contributed by atoms with van der Waals surface area (Å²) < 4.78 is 10.6. The van der Waals surface area contributed by atoms with Crippen molar-refractivity contribution in [3.63, 3.8) is 0 Å². The highest BCUT2D eigenvalue weighted by atomic mass is 32.2. The van der Waals surface area contributed by atoms with Crippen molar-refractivity contribution in [2.75, 3.05) is 42.3 Å². The van der Waals surface area contributed by atoms with E-state index < -0.39 is 0 Å². The summed E-state index contributed by atoms with van der Waals surface area (Å²) in [7, 11) is 0. The minimum Gasteiger partial charge on any atom is -0.467 e. The van der Waals surface area contributed by atoms with Gasteiger partial charge in [0, 0.05) is 29.4 Å². The third kappa shape index (κ3) is 5.93. The molecule has 4 rings (SSSR count). The van der Waals surface area contributed by atoms with Crippen molar-refractivity contribution >= 4 is 35.0 Å². The van der Waals surface area contributed by atoms with E-state index in [4.69, 9.17) is 9.15 Å². The number of hydrogen-bond acceptors (Lipinski definition) is 6. The first-order valence-electron chi connectivity index (χ1n) is 10.4. The molecule has 8 heteroatoms. The SMILES string of the molecule is O=C(CSc1ccccc1C(=O)Nc1ccc(N2CCOCC2)cc1)NCc1ccco1. The average Bonchev–Trinajstić information content (AvgIpc) is 3.36. The van der Waals surface area contributed by atoms with E-state index >= 15 is 0 Å². The van der Waals surface area contributed by atoms with Gasteiger partial charge < -0.3 is 24.7 Å². The number of nitrogens with zero attached hydrogens (tertiary/aromatic N) is 1. The molecule has 0 unspecified atom stereocenters. The molecular weight excluding hydrogens is 426 g/mol. The fourth-order valence-corrected chi connectivity index (χ4v) is 4.23. The number of furan rings is 1. The van der Waals surface area contributed by atoms with E-state index in [0.29, 0.717) is 17.9 Å². The molecule has 0 radical (unpaired) electrons. The van der Waals surface area contributed by atoms with Gasteiger partial charge in [0.2, 0.25) is 5.91 Å². The number of morpholine rings is 1. The monoisotopic (exact) mass is 451 g/mol. The maximum absolute atomic E-state index is 12.9. The lowest BCUT2D eigenvalue weighted by molar-refractivity contribution is -0.118. The summed E-state index contributed by atoms with van der Waals surface area (Å²) in [6.45, 7) is 3.54. The van der Waals surface area contributed by atoms with Crippen LogP contribution in [-0.4, -0.2) is 43.9 Å². The van der Waals surface area contributed by atoms with Crippen LogP contribution < -0.4 is 15.5 Å². The highest BCUT2D eigenvalue weighted by Crippen LogP contribution is 2.24. The molecule has 0 aliphatic carbocycles. The summed E-state index contributed by atoms with van der Waals surface area (Å²) in [5.74, 6) is 0.575. The zero-order valence-electron chi connectivity index (χ0n) is 17.6. The van der Waals surface area contributed by atoms with Crippen LogP contribution in [0.4, 0.5) is 11.4 Å². The molecule has 1 saturated heterocycles. The zero-order chi connectivity index (χ0) is 22.2. The number of anilines is 2. The lowest BCUT2D eigenvalue weighted by atomic mass is 10.2. The predicted molar refractivity (Wildman–Crippen MR) is 125 cm³/mol. The normalized spacial score (nSPS) is 13.6. The third-order valence-corrected chi connectivity index (χ3v) is 6.11. The Hall–Kier alpha value is -3.23. The second kappa shape index (κ2) is 10.9. The van der Waals surface area contributed by atoms with Gasteiger partial charge in [0.05, 0.1) is 37.3 Å². The highest BCUT2D eigenvalue weighted by Gasteiger charge is 2.14. The Bertz CT molecular complexity index is 1030. The maximum atomic E-state index is 12.9. The first-order valence-corrected chi connectivity index (χ1v) is 11.4. The Balaban J connectivity index is 1.33. The number of carbonyl (C=O) groups is 2. The van der Waals surface area contributed by atoms with Gasteiger partial charge in [0.1, 0.15) is 5.76 Å². The topological polar surface area (TPSA) is 83.8 Å². The summed E-state index contributed by atoms with van der Waals surface area (Å²) >= 11 is 1.33. The van der Waals surface area contributed by atoms with Gasteiger partial charge in [-0.25, -0.2) is 0 Å². The number of thioether (sulfide) groups is 1.